The highest BCUT2D eigenvalue weighted by Gasteiger charge is 2.99. The van der Waals surface area contributed by atoms with Crippen molar-refractivity contribution in [3.05, 3.63) is 0 Å². The molecule has 0 aromatic rings. The Balaban J connectivity index is 3.43. The van der Waals surface area contributed by atoms with Gasteiger partial charge in [0.05, 0.1) is 0 Å². The molecule has 1 aliphatic rings. The van der Waals surface area contributed by atoms with Crippen LogP contribution in [0, 0.1) is 0 Å². The van der Waals surface area contributed by atoms with Gasteiger partial charge >= 0.3 is 23.7 Å². The van der Waals surface area contributed by atoms with Crippen LogP contribution in [0.2, 0.25) is 0 Å². The fraction of sp³-hybridized carbons (Fsp3) is 1.00. The Labute approximate surface area is 96.1 Å². The van der Waals surface area contributed by atoms with E-state index in [0.29, 0.717) is 0 Å². The third-order valence-electron chi connectivity index (χ3n) is 3.05. The summed E-state index contributed by atoms with van der Waals surface area (Å²) in [7, 11) is 0. The Morgan fingerprint density at radius 2 is 0.944 bits per heavy atom. The molecule has 0 heterocycles. The van der Waals surface area contributed by atoms with Crippen molar-refractivity contribution in [3.63, 3.8) is 0 Å². The van der Waals surface area contributed by atoms with Crippen molar-refractivity contribution in [2.45, 2.75) is 55.5 Å². The molecular formula is C9H9F9. The normalized spacial score (nSPS) is 30.3. The second kappa shape index (κ2) is 3.69. The first kappa shape index (κ1) is 15.4. The summed E-state index contributed by atoms with van der Waals surface area (Å²) in [6, 6.07) is 0. The molecule has 1 fully saturated rings. The van der Waals surface area contributed by atoms with E-state index >= 15 is 0 Å². The van der Waals surface area contributed by atoms with Crippen molar-refractivity contribution >= 4 is 0 Å². The van der Waals surface area contributed by atoms with Crippen LogP contribution in [0.5, 0.6) is 0 Å². The standard InChI is InChI=1S/C9H9F9/c1-2-3-4-5(10)6(11,12)8(15,16)9(17,18)7(5,13)14/h2-4H2,1H3. The van der Waals surface area contributed by atoms with E-state index in [9.17, 15) is 39.5 Å². The molecule has 0 nitrogen and oxygen atoms in total. The van der Waals surface area contributed by atoms with Crippen molar-refractivity contribution < 1.29 is 39.5 Å². The molecule has 1 rings (SSSR count). The highest BCUT2D eigenvalue weighted by molar-refractivity contribution is 5.26. The number of halogens is 9. The van der Waals surface area contributed by atoms with Crippen LogP contribution < -0.4 is 0 Å². The monoisotopic (exact) mass is 288 g/mol. The lowest BCUT2D eigenvalue weighted by Gasteiger charge is -2.30. The van der Waals surface area contributed by atoms with Gasteiger partial charge in [0.2, 0.25) is 5.67 Å². The smallest absolute Gasteiger partial charge is 0.230 e. The molecule has 1 saturated carbocycles. The Kier molecular flexibility index (Phi) is 3.16. The maximum absolute atomic E-state index is 13.6. The molecule has 0 atom stereocenters. The molecule has 0 aliphatic heterocycles. The van der Waals surface area contributed by atoms with Crippen LogP contribution in [0.1, 0.15) is 26.2 Å². The van der Waals surface area contributed by atoms with Crippen LogP contribution in [-0.4, -0.2) is 29.4 Å². The van der Waals surface area contributed by atoms with Crippen LogP contribution in [0.3, 0.4) is 0 Å². The van der Waals surface area contributed by atoms with Crippen LogP contribution >= 0.6 is 0 Å². The first-order valence-electron chi connectivity index (χ1n) is 5.01. The molecule has 0 unspecified atom stereocenters. The number of hydrogen-bond donors (Lipinski definition) is 0. The summed E-state index contributed by atoms with van der Waals surface area (Å²) in [5, 5.41) is 0. The molecule has 1 aliphatic carbocycles. The molecule has 0 aromatic carbocycles. The largest absolute Gasteiger partial charge is 0.381 e. The number of rotatable bonds is 3. The SMILES string of the molecule is CCCCC1(F)C(F)(F)C(F)(F)C(F)(F)C1(F)F. The molecule has 0 spiro atoms. The van der Waals surface area contributed by atoms with Crippen molar-refractivity contribution in [3.8, 4) is 0 Å². The van der Waals surface area contributed by atoms with Gasteiger partial charge in [0.1, 0.15) is 0 Å². The van der Waals surface area contributed by atoms with Gasteiger partial charge in [-0.3, -0.25) is 0 Å². The minimum Gasteiger partial charge on any atom is -0.230 e. The lowest BCUT2D eigenvalue weighted by atomic mass is 9.91. The van der Waals surface area contributed by atoms with Gasteiger partial charge in [-0.15, -0.1) is 0 Å². The van der Waals surface area contributed by atoms with Gasteiger partial charge in [0.25, 0.3) is 0 Å². The summed E-state index contributed by atoms with van der Waals surface area (Å²) in [5.41, 5.74) is -5.26. The zero-order chi connectivity index (χ0) is 14.6. The van der Waals surface area contributed by atoms with E-state index in [4.69, 9.17) is 0 Å². The van der Waals surface area contributed by atoms with Gasteiger partial charge in [-0.25, -0.2) is 4.39 Å². The van der Waals surface area contributed by atoms with E-state index in [1.807, 2.05) is 0 Å². The third-order valence-corrected chi connectivity index (χ3v) is 3.05. The zero-order valence-electron chi connectivity index (χ0n) is 9.02. The Morgan fingerprint density at radius 1 is 0.611 bits per heavy atom. The van der Waals surface area contributed by atoms with Gasteiger partial charge in [-0.05, 0) is 6.42 Å². The lowest BCUT2D eigenvalue weighted by Crippen LogP contribution is -2.54. The van der Waals surface area contributed by atoms with Gasteiger partial charge in [-0.1, -0.05) is 19.8 Å². The summed E-state index contributed by atoms with van der Waals surface area (Å²) in [6.07, 6.45) is -2.50. The first-order valence-corrected chi connectivity index (χ1v) is 5.01. The summed E-state index contributed by atoms with van der Waals surface area (Å²) >= 11 is 0. The predicted molar refractivity (Wildman–Crippen MR) is 43.2 cm³/mol. The number of unbranched alkanes of at least 4 members (excludes halogenated alkanes) is 1. The molecule has 0 saturated heterocycles. The van der Waals surface area contributed by atoms with Crippen molar-refractivity contribution in [2.24, 2.45) is 0 Å². The Hall–Kier alpha value is -0.630. The average Bonchev–Trinajstić information content (AvgIpc) is 2.27. The predicted octanol–water partition coefficient (Wildman–Crippen LogP) is 4.44. The van der Waals surface area contributed by atoms with Gasteiger partial charge in [0, 0.05) is 0 Å². The quantitative estimate of drug-likeness (QED) is 0.673. The minimum atomic E-state index is -6.44. The highest BCUT2D eigenvalue weighted by atomic mass is 19.4. The van der Waals surface area contributed by atoms with E-state index in [1.165, 1.54) is 6.92 Å². The molecule has 9 heteroatoms. The maximum Gasteiger partial charge on any atom is 0.381 e. The molecule has 108 valence electrons. The second-order valence-electron chi connectivity index (χ2n) is 4.20. The summed E-state index contributed by atoms with van der Waals surface area (Å²) in [4.78, 5) is 0. The lowest BCUT2D eigenvalue weighted by molar-refractivity contribution is -0.303. The summed E-state index contributed by atoms with van der Waals surface area (Å²) in [5.74, 6) is -25.2. The molecule has 0 bridgehead atoms. The fourth-order valence-corrected chi connectivity index (χ4v) is 1.82. The maximum atomic E-state index is 13.6. The van der Waals surface area contributed by atoms with Gasteiger partial charge in [0.15, 0.2) is 0 Å². The van der Waals surface area contributed by atoms with E-state index in [-0.39, 0.29) is 6.42 Å². The third kappa shape index (κ3) is 1.30. The zero-order valence-corrected chi connectivity index (χ0v) is 9.02. The van der Waals surface area contributed by atoms with Gasteiger partial charge < -0.3 is 0 Å². The molecule has 0 N–H and O–H groups in total. The fourth-order valence-electron chi connectivity index (χ4n) is 1.82. The molecule has 0 radical (unpaired) electrons. The van der Waals surface area contributed by atoms with Crippen molar-refractivity contribution in [1.29, 1.82) is 0 Å². The van der Waals surface area contributed by atoms with E-state index < -0.39 is 42.2 Å². The topological polar surface area (TPSA) is 0 Å². The van der Waals surface area contributed by atoms with Crippen LogP contribution in [-0.2, 0) is 0 Å². The number of hydrogen-bond acceptors (Lipinski definition) is 0. The number of alkyl halides is 9. The Bertz CT molecular complexity index is 307. The van der Waals surface area contributed by atoms with E-state index in [2.05, 4.69) is 0 Å². The van der Waals surface area contributed by atoms with Crippen molar-refractivity contribution in [2.75, 3.05) is 0 Å². The Morgan fingerprint density at radius 3 is 1.22 bits per heavy atom. The minimum absolute atomic E-state index is 0.0883. The van der Waals surface area contributed by atoms with Crippen LogP contribution in [0.25, 0.3) is 0 Å². The first-order chi connectivity index (χ1) is 7.81. The molecule has 0 aromatic heterocycles. The van der Waals surface area contributed by atoms with Crippen LogP contribution in [0.4, 0.5) is 39.5 Å². The highest BCUT2D eigenvalue weighted by Crippen LogP contribution is 2.70. The van der Waals surface area contributed by atoms with Gasteiger partial charge in [-0.2, -0.15) is 35.1 Å². The summed E-state index contributed by atoms with van der Waals surface area (Å²) in [6.45, 7) is 1.28. The van der Waals surface area contributed by atoms with Crippen molar-refractivity contribution in [1.82, 2.24) is 0 Å². The summed E-state index contributed by atoms with van der Waals surface area (Å²) < 4.78 is 116. The molecule has 18 heavy (non-hydrogen) atoms. The molecule has 0 amide bonds. The molecular weight excluding hydrogens is 279 g/mol. The second-order valence-corrected chi connectivity index (χ2v) is 4.20. The van der Waals surface area contributed by atoms with Crippen LogP contribution in [0.15, 0.2) is 0 Å². The van der Waals surface area contributed by atoms with E-state index in [0.717, 1.165) is 0 Å². The van der Waals surface area contributed by atoms with E-state index in [1.54, 1.807) is 0 Å². The average molecular weight is 288 g/mol.